The lowest BCUT2D eigenvalue weighted by Crippen LogP contribution is -2.33. The largest absolute Gasteiger partial charge is 0.481 e. The quantitative estimate of drug-likeness (QED) is 0.198. The molecule has 11 heteroatoms. The van der Waals surface area contributed by atoms with Crippen molar-refractivity contribution in [2.45, 2.75) is 51.6 Å². The van der Waals surface area contributed by atoms with Crippen LogP contribution in [0, 0.1) is 0 Å². The van der Waals surface area contributed by atoms with Crippen molar-refractivity contribution >= 4 is 29.8 Å². The van der Waals surface area contributed by atoms with Crippen molar-refractivity contribution in [3.63, 3.8) is 0 Å². The average Bonchev–Trinajstić information content (AvgIpc) is 3.21. The predicted molar refractivity (Wildman–Crippen MR) is 150 cm³/mol. The molecule has 2 aliphatic heterocycles. The van der Waals surface area contributed by atoms with Gasteiger partial charge in [-0.2, -0.15) is 0 Å². The number of carboxylic acids is 1. The maximum absolute atomic E-state index is 13.3. The van der Waals surface area contributed by atoms with E-state index < -0.39 is 29.5 Å². The van der Waals surface area contributed by atoms with Crippen LogP contribution in [0.5, 0.6) is 23.0 Å². The molecule has 0 fully saturated rings. The van der Waals surface area contributed by atoms with E-state index in [-0.39, 0.29) is 41.7 Å². The number of ether oxygens (including phenoxy) is 4. The molecule has 0 aromatic heterocycles. The third-order valence-corrected chi connectivity index (χ3v) is 7.09. The van der Waals surface area contributed by atoms with Gasteiger partial charge in [-0.05, 0) is 54.8 Å². The van der Waals surface area contributed by atoms with Gasteiger partial charge in [-0.25, -0.2) is 4.79 Å². The lowest BCUT2D eigenvalue weighted by Gasteiger charge is -2.36. The van der Waals surface area contributed by atoms with Crippen LogP contribution in [0.25, 0.3) is 0 Å². The molecule has 0 bridgehead atoms. The first-order valence-electron chi connectivity index (χ1n) is 13.8. The fraction of sp³-hybridized carbons (Fsp3) is 0.281. The number of amides is 1. The summed E-state index contributed by atoms with van der Waals surface area (Å²) in [6, 6.07) is 14.6. The van der Waals surface area contributed by atoms with Crippen molar-refractivity contribution in [2.75, 3.05) is 6.54 Å². The summed E-state index contributed by atoms with van der Waals surface area (Å²) in [4.78, 5) is 59.9. The van der Waals surface area contributed by atoms with Gasteiger partial charge in [-0.1, -0.05) is 12.5 Å². The molecule has 43 heavy (non-hydrogen) atoms. The minimum absolute atomic E-state index is 0.0413. The summed E-state index contributed by atoms with van der Waals surface area (Å²) < 4.78 is 22.8. The number of nitrogens with one attached hydrogen (secondary N) is 1. The lowest BCUT2D eigenvalue weighted by atomic mass is 9.77. The van der Waals surface area contributed by atoms with Gasteiger partial charge in [0.05, 0.1) is 12.0 Å². The van der Waals surface area contributed by atoms with Crippen LogP contribution in [0.2, 0.25) is 0 Å². The molecule has 2 N–H and O–H groups in total. The molecule has 0 aliphatic carbocycles. The Kier molecular flexibility index (Phi) is 8.16. The number of aliphatic carboxylic acids is 1. The van der Waals surface area contributed by atoms with Crippen LogP contribution in [0.4, 0.5) is 0 Å². The lowest BCUT2D eigenvalue weighted by molar-refractivity contribution is -0.137. The highest BCUT2D eigenvalue weighted by Gasteiger charge is 2.53. The molecule has 5 rings (SSSR count). The van der Waals surface area contributed by atoms with E-state index in [1.54, 1.807) is 42.5 Å². The summed E-state index contributed by atoms with van der Waals surface area (Å²) in [6.45, 7) is 2.96. The third-order valence-electron chi connectivity index (χ3n) is 7.09. The molecule has 222 valence electrons. The summed E-state index contributed by atoms with van der Waals surface area (Å²) in [5.74, 6) is -1.71. The maximum Gasteiger partial charge on any atom is 0.340 e. The van der Waals surface area contributed by atoms with Gasteiger partial charge < -0.3 is 29.4 Å². The van der Waals surface area contributed by atoms with Crippen molar-refractivity contribution in [2.24, 2.45) is 0 Å². The van der Waals surface area contributed by atoms with E-state index in [2.05, 4.69) is 5.32 Å². The smallest absolute Gasteiger partial charge is 0.340 e. The number of carbonyl (C=O) groups excluding carboxylic acids is 4. The zero-order valence-corrected chi connectivity index (χ0v) is 23.6. The van der Waals surface area contributed by atoms with Crippen LogP contribution in [-0.4, -0.2) is 41.4 Å². The summed E-state index contributed by atoms with van der Waals surface area (Å²) in [5, 5.41) is 11.6. The van der Waals surface area contributed by atoms with Gasteiger partial charge >= 0.3 is 23.9 Å². The van der Waals surface area contributed by atoms with Gasteiger partial charge in [0.25, 0.3) is 0 Å². The Hall–Kier alpha value is -5.19. The zero-order valence-electron chi connectivity index (χ0n) is 23.6. The van der Waals surface area contributed by atoms with Crippen LogP contribution >= 0.6 is 0 Å². The molecule has 0 saturated heterocycles. The number of carboxylic acid groups (broad SMARTS) is 1. The van der Waals surface area contributed by atoms with Crippen molar-refractivity contribution < 1.29 is 48.0 Å². The van der Waals surface area contributed by atoms with Gasteiger partial charge in [0, 0.05) is 55.6 Å². The highest BCUT2D eigenvalue weighted by atomic mass is 16.6. The van der Waals surface area contributed by atoms with Gasteiger partial charge in [0.2, 0.25) is 5.91 Å². The first kappa shape index (κ1) is 29.3. The molecule has 11 nitrogen and oxygen atoms in total. The van der Waals surface area contributed by atoms with Gasteiger partial charge in [0.15, 0.2) is 5.60 Å². The average molecular weight is 588 g/mol. The topological polar surface area (TPSA) is 155 Å². The predicted octanol–water partition coefficient (Wildman–Crippen LogP) is 4.41. The molecule has 0 saturated carbocycles. The van der Waals surface area contributed by atoms with Crippen LogP contribution in [0.3, 0.4) is 0 Å². The van der Waals surface area contributed by atoms with E-state index in [0.717, 1.165) is 0 Å². The molecule has 2 aliphatic rings. The second kappa shape index (κ2) is 12.0. The van der Waals surface area contributed by atoms with Crippen LogP contribution < -0.4 is 19.5 Å². The summed E-state index contributed by atoms with van der Waals surface area (Å²) in [6.07, 6.45) is 2.03. The van der Waals surface area contributed by atoms with E-state index in [0.29, 0.717) is 53.6 Å². The Morgan fingerprint density at radius 1 is 0.814 bits per heavy atom. The SMILES string of the molecule is CC(=O)Oc1ccc2c(c1)Oc1cc(OC(C)=O)ccc1C21OC(=O)c2ccc(CC(=O)NCCCCCC(=O)O)cc21. The number of rotatable bonds is 10. The number of unbranched alkanes of at least 4 members (excludes halogenated alkanes) is 2. The molecular formula is C32H29NO10. The van der Waals surface area contributed by atoms with Crippen LogP contribution in [-0.2, 0) is 35.9 Å². The van der Waals surface area contributed by atoms with Crippen molar-refractivity contribution in [1.82, 2.24) is 5.32 Å². The van der Waals surface area contributed by atoms with Crippen molar-refractivity contribution in [1.29, 1.82) is 0 Å². The number of carbonyl (C=O) groups is 5. The number of benzene rings is 3. The zero-order chi connectivity index (χ0) is 30.7. The Morgan fingerprint density at radius 3 is 2.02 bits per heavy atom. The minimum atomic E-state index is -1.46. The van der Waals surface area contributed by atoms with E-state index in [1.165, 1.54) is 26.0 Å². The first-order valence-corrected chi connectivity index (χ1v) is 13.8. The molecule has 2 heterocycles. The van der Waals surface area contributed by atoms with Crippen LogP contribution in [0.1, 0.15) is 72.1 Å². The van der Waals surface area contributed by atoms with Gasteiger partial charge in [-0.3, -0.25) is 19.2 Å². The second-order valence-electron chi connectivity index (χ2n) is 10.3. The summed E-state index contributed by atoms with van der Waals surface area (Å²) >= 11 is 0. The fourth-order valence-electron chi connectivity index (χ4n) is 5.35. The fourth-order valence-corrected chi connectivity index (χ4v) is 5.35. The first-order chi connectivity index (χ1) is 20.6. The van der Waals surface area contributed by atoms with Crippen molar-refractivity contribution in [3.8, 4) is 23.0 Å². The summed E-state index contributed by atoms with van der Waals surface area (Å²) in [7, 11) is 0. The summed E-state index contributed by atoms with van der Waals surface area (Å²) in [5.41, 5.74) is 0.951. The van der Waals surface area contributed by atoms with Gasteiger partial charge in [0.1, 0.15) is 23.0 Å². The standard InChI is InChI=1S/C32H29NO10/c1-18(34)40-21-8-11-24-27(16-21)42-28-17-22(41-19(2)35)9-12-25(28)32(24)26-14-20(7-10-23(26)31(39)43-32)15-29(36)33-13-5-3-4-6-30(37)38/h7-12,14,16-17H,3-6,13,15H2,1-2H3,(H,33,36)(H,37,38). The Labute approximate surface area is 246 Å². The number of hydrogen-bond acceptors (Lipinski definition) is 9. The molecule has 1 amide bonds. The number of hydrogen-bond donors (Lipinski definition) is 2. The molecule has 0 atom stereocenters. The molecule has 0 radical (unpaired) electrons. The van der Waals surface area contributed by atoms with Crippen molar-refractivity contribution in [3.05, 3.63) is 82.4 Å². The Morgan fingerprint density at radius 2 is 1.44 bits per heavy atom. The molecular weight excluding hydrogens is 558 g/mol. The maximum atomic E-state index is 13.3. The highest BCUT2D eigenvalue weighted by Crippen LogP contribution is 2.57. The van der Waals surface area contributed by atoms with E-state index >= 15 is 0 Å². The minimum Gasteiger partial charge on any atom is -0.481 e. The number of esters is 3. The second-order valence-corrected chi connectivity index (χ2v) is 10.3. The highest BCUT2D eigenvalue weighted by molar-refractivity contribution is 5.97. The Balaban J connectivity index is 1.50. The molecule has 1 spiro atoms. The normalized spacial score (nSPS) is 13.6. The molecule has 3 aromatic carbocycles. The number of fused-ring (bicyclic) bond motifs is 6. The van der Waals surface area contributed by atoms with Gasteiger partial charge in [-0.15, -0.1) is 0 Å². The molecule has 3 aromatic rings. The van der Waals surface area contributed by atoms with E-state index in [9.17, 15) is 24.0 Å². The van der Waals surface area contributed by atoms with E-state index in [1.807, 2.05) is 0 Å². The van der Waals surface area contributed by atoms with E-state index in [4.69, 9.17) is 24.1 Å². The van der Waals surface area contributed by atoms with Crippen LogP contribution in [0.15, 0.2) is 54.6 Å². The molecule has 0 unspecified atom stereocenters. The monoisotopic (exact) mass is 587 g/mol. The Bertz CT molecular complexity index is 1580. The third kappa shape index (κ3) is 6.06.